The van der Waals surface area contributed by atoms with E-state index >= 15 is 0 Å². The Morgan fingerprint density at radius 2 is 2.00 bits per heavy atom. The van der Waals surface area contributed by atoms with E-state index in [4.69, 9.17) is 13.9 Å². The monoisotopic (exact) mass is 455 g/mol. The Balaban J connectivity index is 1.70. The van der Waals surface area contributed by atoms with Crippen LogP contribution in [0.25, 0.3) is 11.1 Å². The molecule has 11 heteroatoms. The van der Waals surface area contributed by atoms with Gasteiger partial charge in [-0.1, -0.05) is 0 Å². The summed E-state index contributed by atoms with van der Waals surface area (Å²) in [4.78, 5) is 24.4. The summed E-state index contributed by atoms with van der Waals surface area (Å²) < 4.78 is 44.9. The Bertz CT molecular complexity index is 1070. The summed E-state index contributed by atoms with van der Waals surface area (Å²) in [6.07, 6.45) is 0.633. The zero-order chi connectivity index (χ0) is 22.6. The maximum absolute atomic E-state index is 13.2. The number of rotatable bonds is 9. The van der Waals surface area contributed by atoms with Crippen molar-refractivity contribution in [2.24, 2.45) is 13.0 Å². The molecule has 1 saturated heterocycles. The second kappa shape index (κ2) is 9.94. The van der Waals surface area contributed by atoms with Gasteiger partial charge in [-0.25, -0.2) is 13.2 Å². The number of hydrogen-bond donors (Lipinski definition) is 1. The number of oxazole rings is 1. The Labute approximate surface area is 181 Å². The topological polar surface area (TPSA) is 120 Å². The van der Waals surface area contributed by atoms with Crippen LogP contribution in [0.2, 0.25) is 0 Å². The first-order chi connectivity index (χ1) is 14.8. The Morgan fingerprint density at radius 3 is 2.68 bits per heavy atom. The summed E-state index contributed by atoms with van der Waals surface area (Å²) in [6, 6.07) is 4.35. The fourth-order valence-electron chi connectivity index (χ4n) is 3.66. The average Bonchev–Trinajstić information content (AvgIpc) is 3.05. The van der Waals surface area contributed by atoms with Gasteiger partial charge in [0.2, 0.25) is 15.9 Å². The quantitative estimate of drug-likeness (QED) is 0.561. The van der Waals surface area contributed by atoms with Crippen LogP contribution in [0.1, 0.15) is 26.7 Å². The number of sulfonamides is 1. The number of nitrogens with zero attached hydrogens (tertiary/aromatic N) is 2. The molecular formula is C20H29N3O7S. The normalized spacial score (nSPS) is 18.0. The lowest BCUT2D eigenvalue weighted by atomic mass is 9.99. The van der Waals surface area contributed by atoms with Crippen molar-refractivity contribution in [1.82, 2.24) is 14.2 Å². The van der Waals surface area contributed by atoms with Crippen molar-refractivity contribution in [3.8, 4) is 0 Å². The molecule has 1 amide bonds. The summed E-state index contributed by atoms with van der Waals surface area (Å²) in [5, 5.41) is 2.80. The van der Waals surface area contributed by atoms with Crippen LogP contribution in [0.5, 0.6) is 0 Å². The summed E-state index contributed by atoms with van der Waals surface area (Å²) in [5.41, 5.74) is 0.718. The van der Waals surface area contributed by atoms with Gasteiger partial charge in [-0.2, -0.15) is 4.31 Å². The van der Waals surface area contributed by atoms with Crippen molar-refractivity contribution in [3.63, 3.8) is 0 Å². The predicted octanol–water partition coefficient (Wildman–Crippen LogP) is 1.05. The standard InChI is InChI=1S/C20H29N3O7S/c1-4-28-18(29-5-2)12-21-19(24)14-7-6-10-23(13-14)31(26,27)15-8-9-16-17(11-15)30-20(25)22(16)3/h8-9,11,14,18H,4-7,10,12-13H2,1-3H3,(H,21,24). The van der Waals surface area contributed by atoms with Gasteiger partial charge in [-0.05, 0) is 38.8 Å². The third kappa shape index (κ3) is 5.17. The van der Waals surface area contributed by atoms with E-state index in [2.05, 4.69) is 5.32 Å². The molecule has 1 N–H and O–H groups in total. The van der Waals surface area contributed by atoms with Gasteiger partial charge >= 0.3 is 5.76 Å². The predicted molar refractivity (Wildman–Crippen MR) is 113 cm³/mol. The first kappa shape index (κ1) is 23.5. The highest BCUT2D eigenvalue weighted by Crippen LogP contribution is 2.26. The van der Waals surface area contributed by atoms with Crippen LogP contribution in [0.15, 0.2) is 32.3 Å². The van der Waals surface area contributed by atoms with Gasteiger partial charge in [-0.3, -0.25) is 9.36 Å². The van der Waals surface area contributed by atoms with Crippen molar-refractivity contribution < 1.29 is 27.1 Å². The number of amides is 1. The van der Waals surface area contributed by atoms with E-state index in [1.54, 1.807) is 13.1 Å². The van der Waals surface area contributed by atoms with Crippen molar-refractivity contribution in [1.29, 1.82) is 0 Å². The van der Waals surface area contributed by atoms with E-state index in [1.165, 1.54) is 21.0 Å². The number of hydrogen-bond acceptors (Lipinski definition) is 7. The van der Waals surface area contributed by atoms with Gasteiger partial charge in [0.25, 0.3) is 0 Å². The Kier molecular flexibility index (Phi) is 7.52. The summed E-state index contributed by atoms with van der Waals surface area (Å²) in [7, 11) is -2.29. The number of nitrogens with one attached hydrogen (secondary N) is 1. The number of carbonyl (C=O) groups is 1. The number of benzene rings is 1. The number of fused-ring (bicyclic) bond motifs is 1. The number of aromatic nitrogens is 1. The van der Waals surface area contributed by atoms with Crippen molar-refractivity contribution in [2.45, 2.75) is 37.9 Å². The van der Waals surface area contributed by atoms with E-state index in [-0.39, 0.29) is 29.5 Å². The minimum atomic E-state index is -3.84. The lowest BCUT2D eigenvalue weighted by molar-refractivity contribution is -0.142. The Hall–Kier alpha value is -2.21. The van der Waals surface area contributed by atoms with Crippen LogP contribution in [0.3, 0.4) is 0 Å². The molecule has 1 aliphatic rings. The van der Waals surface area contributed by atoms with E-state index in [9.17, 15) is 18.0 Å². The first-order valence-electron chi connectivity index (χ1n) is 10.4. The van der Waals surface area contributed by atoms with Crippen LogP contribution in [-0.2, 0) is 31.3 Å². The second-order valence-electron chi connectivity index (χ2n) is 7.34. The molecule has 0 saturated carbocycles. The Morgan fingerprint density at radius 1 is 1.29 bits per heavy atom. The molecule has 172 valence electrons. The van der Waals surface area contributed by atoms with Gasteiger partial charge < -0.3 is 19.2 Å². The zero-order valence-electron chi connectivity index (χ0n) is 18.0. The number of ether oxygens (including phenoxy) is 2. The molecule has 31 heavy (non-hydrogen) atoms. The molecule has 0 radical (unpaired) electrons. The lowest BCUT2D eigenvalue weighted by Crippen LogP contribution is -2.47. The van der Waals surface area contributed by atoms with Crippen LogP contribution >= 0.6 is 0 Å². The fourth-order valence-corrected chi connectivity index (χ4v) is 5.20. The molecule has 10 nitrogen and oxygen atoms in total. The highest BCUT2D eigenvalue weighted by atomic mass is 32.2. The largest absolute Gasteiger partial charge is 0.419 e. The van der Waals surface area contributed by atoms with Gasteiger partial charge in [-0.15, -0.1) is 0 Å². The molecule has 3 rings (SSSR count). The third-order valence-electron chi connectivity index (χ3n) is 5.30. The maximum Gasteiger partial charge on any atom is 0.419 e. The minimum absolute atomic E-state index is 0.0307. The van der Waals surface area contributed by atoms with E-state index < -0.39 is 28.0 Å². The van der Waals surface area contributed by atoms with Gasteiger partial charge in [0, 0.05) is 39.4 Å². The molecule has 2 aromatic rings. The van der Waals surface area contributed by atoms with E-state index in [1.807, 2.05) is 13.8 Å². The van der Waals surface area contributed by atoms with Gasteiger partial charge in [0.15, 0.2) is 11.9 Å². The van der Waals surface area contributed by atoms with Crippen molar-refractivity contribution in [2.75, 3.05) is 32.8 Å². The van der Waals surface area contributed by atoms with Gasteiger partial charge in [0.05, 0.1) is 22.9 Å². The molecule has 1 aromatic carbocycles. The molecule has 0 spiro atoms. The van der Waals surface area contributed by atoms with Crippen LogP contribution in [0, 0.1) is 5.92 Å². The molecule has 0 bridgehead atoms. The molecule has 2 heterocycles. The van der Waals surface area contributed by atoms with Crippen LogP contribution < -0.4 is 11.1 Å². The second-order valence-corrected chi connectivity index (χ2v) is 9.28. The average molecular weight is 456 g/mol. The lowest BCUT2D eigenvalue weighted by Gasteiger charge is -2.31. The third-order valence-corrected chi connectivity index (χ3v) is 7.17. The smallest absolute Gasteiger partial charge is 0.408 e. The molecule has 1 atom stereocenters. The first-order valence-corrected chi connectivity index (χ1v) is 11.8. The van der Waals surface area contributed by atoms with Gasteiger partial charge in [0.1, 0.15) is 0 Å². The maximum atomic E-state index is 13.2. The summed E-state index contributed by atoms with van der Waals surface area (Å²) in [6.45, 7) is 5.21. The fraction of sp³-hybridized carbons (Fsp3) is 0.600. The summed E-state index contributed by atoms with van der Waals surface area (Å²) in [5.74, 6) is -1.25. The number of piperidine rings is 1. The van der Waals surface area contributed by atoms with Crippen molar-refractivity contribution in [3.05, 3.63) is 28.7 Å². The molecule has 0 aliphatic carbocycles. The SMILES string of the molecule is CCOC(CNC(=O)C1CCCN(S(=O)(=O)c2ccc3c(c2)oc(=O)n3C)C1)OCC. The molecule has 1 aromatic heterocycles. The highest BCUT2D eigenvalue weighted by molar-refractivity contribution is 7.89. The summed E-state index contributed by atoms with van der Waals surface area (Å²) >= 11 is 0. The number of carbonyl (C=O) groups excluding carboxylic acids is 1. The molecule has 1 aliphatic heterocycles. The van der Waals surface area contributed by atoms with Crippen molar-refractivity contribution >= 4 is 27.0 Å². The zero-order valence-corrected chi connectivity index (χ0v) is 18.8. The van der Waals surface area contributed by atoms with E-state index in [0.717, 1.165) is 0 Å². The van der Waals surface area contributed by atoms with Crippen LogP contribution in [-0.4, -0.2) is 62.3 Å². The van der Waals surface area contributed by atoms with Crippen LogP contribution in [0.4, 0.5) is 0 Å². The minimum Gasteiger partial charge on any atom is -0.408 e. The highest BCUT2D eigenvalue weighted by Gasteiger charge is 2.34. The number of aryl methyl sites for hydroxylation is 1. The molecule has 1 fully saturated rings. The van der Waals surface area contributed by atoms with E-state index in [0.29, 0.717) is 38.1 Å². The molecule has 1 unspecified atom stereocenters. The molecular weight excluding hydrogens is 426 g/mol.